The number of amides is 1. The lowest BCUT2D eigenvalue weighted by atomic mass is 9.97. The fourth-order valence-electron chi connectivity index (χ4n) is 2.67. The van der Waals surface area contributed by atoms with Gasteiger partial charge in [0.1, 0.15) is 0 Å². The molecule has 18 heavy (non-hydrogen) atoms. The number of nitrogens with one attached hydrogen (secondary N) is 1. The molecule has 1 amide bonds. The van der Waals surface area contributed by atoms with Crippen LogP contribution in [0.4, 0.5) is 5.69 Å². The summed E-state index contributed by atoms with van der Waals surface area (Å²) in [5, 5.41) is 3.02. The third-order valence-corrected chi connectivity index (χ3v) is 3.88. The van der Waals surface area contributed by atoms with Crippen LogP contribution in [0.1, 0.15) is 44.7 Å². The van der Waals surface area contributed by atoms with Crippen LogP contribution in [-0.4, -0.2) is 5.91 Å². The zero-order valence-electron chi connectivity index (χ0n) is 11.1. The second-order valence-electron chi connectivity index (χ2n) is 5.42. The molecule has 1 aromatic rings. The van der Waals surface area contributed by atoms with Crippen molar-refractivity contribution in [3.8, 4) is 0 Å². The van der Waals surface area contributed by atoms with Gasteiger partial charge in [0.25, 0.3) is 0 Å². The fraction of sp³-hybridized carbons (Fsp3) is 0.533. The third kappa shape index (κ3) is 2.91. The molecule has 0 spiro atoms. The Kier molecular flexibility index (Phi) is 4.02. The van der Waals surface area contributed by atoms with E-state index in [4.69, 9.17) is 5.73 Å². The van der Waals surface area contributed by atoms with Crippen LogP contribution < -0.4 is 11.1 Å². The van der Waals surface area contributed by atoms with E-state index in [1.165, 1.54) is 6.42 Å². The average molecular weight is 246 g/mol. The van der Waals surface area contributed by atoms with Gasteiger partial charge in [-0.25, -0.2) is 0 Å². The second-order valence-corrected chi connectivity index (χ2v) is 5.42. The summed E-state index contributed by atoms with van der Waals surface area (Å²) in [6, 6.07) is 7.79. The van der Waals surface area contributed by atoms with Gasteiger partial charge in [0.05, 0.1) is 0 Å². The summed E-state index contributed by atoms with van der Waals surface area (Å²) < 4.78 is 0. The van der Waals surface area contributed by atoms with E-state index < -0.39 is 0 Å². The summed E-state index contributed by atoms with van der Waals surface area (Å²) >= 11 is 0. The van der Waals surface area contributed by atoms with E-state index in [1.54, 1.807) is 0 Å². The van der Waals surface area contributed by atoms with Gasteiger partial charge < -0.3 is 11.1 Å². The highest BCUT2D eigenvalue weighted by molar-refractivity contribution is 5.92. The lowest BCUT2D eigenvalue weighted by molar-refractivity contribution is -0.120. The van der Waals surface area contributed by atoms with Crippen LogP contribution in [-0.2, 0) is 4.79 Å². The SMILES string of the molecule is CC(N)c1cccc(NC(=O)C2CCCC2C)c1. The van der Waals surface area contributed by atoms with Crippen molar-refractivity contribution in [2.75, 3.05) is 5.32 Å². The zero-order chi connectivity index (χ0) is 13.1. The van der Waals surface area contributed by atoms with Crippen LogP contribution in [0.5, 0.6) is 0 Å². The summed E-state index contributed by atoms with van der Waals surface area (Å²) in [6.07, 6.45) is 3.34. The van der Waals surface area contributed by atoms with Crippen molar-refractivity contribution in [1.29, 1.82) is 0 Å². The molecule has 3 unspecified atom stereocenters. The van der Waals surface area contributed by atoms with Crippen molar-refractivity contribution in [3.05, 3.63) is 29.8 Å². The molecule has 98 valence electrons. The molecule has 1 saturated carbocycles. The highest BCUT2D eigenvalue weighted by Gasteiger charge is 2.29. The maximum absolute atomic E-state index is 12.2. The molecular formula is C15H22N2O. The normalized spacial score (nSPS) is 24.8. The quantitative estimate of drug-likeness (QED) is 0.861. The summed E-state index contributed by atoms with van der Waals surface area (Å²) in [5.74, 6) is 0.826. The molecule has 3 atom stereocenters. The molecular weight excluding hydrogens is 224 g/mol. The van der Waals surface area contributed by atoms with Gasteiger partial charge in [0.2, 0.25) is 5.91 Å². The van der Waals surface area contributed by atoms with Crippen LogP contribution >= 0.6 is 0 Å². The van der Waals surface area contributed by atoms with Crippen LogP contribution in [0.2, 0.25) is 0 Å². The fourth-order valence-corrected chi connectivity index (χ4v) is 2.67. The number of nitrogens with two attached hydrogens (primary N) is 1. The molecule has 1 aliphatic carbocycles. The summed E-state index contributed by atoms with van der Waals surface area (Å²) in [7, 11) is 0. The number of carbonyl (C=O) groups is 1. The second kappa shape index (κ2) is 5.53. The Morgan fingerprint density at radius 2 is 2.22 bits per heavy atom. The Balaban J connectivity index is 2.04. The topological polar surface area (TPSA) is 55.1 Å². The predicted octanol–water partition coefficient (Wildman–Crippen LogP) is 3.08. The molecule has 3 heteroatoms. The first kappa shape index (κ1) is 13.1. The summed E-state index contributed by atoms with van der Waals surface area (Å²) in [4.78, 5) is 12.2. The van der Waals surface area contributed by atoms with E-state index in [0.29, 0.717) is 5.92 Å². The first-order valence-electron chi connectivity index (χ1n) is 6.74. The molecule has 3 N–H and O–H groups in total. The zero-order valence-corrected chi connectivity index (χ0v) is 11.1. The summed E-state index contributed by atoms with van der Waals surface area (Å²) in [6.45, 7) is 4.11. The van der Waals surface area contributed by atoms with E-state index in [9.17, 15) is 4.79 Å². The monoisotopic (exact) mass is 246 g/mol. The Hall–Kier alpha value is -1.35. The van der Waals surface area contributed by atoms with Crippen LogP contribution in [0, 0.1) is 11.8 Å². The molecule has 0 saturated heterocycles. The van der Waals surface area contributed by atoms with Gasteiger partial charge in [-0.3, -0.25) is 4.79 Å². The van der Waals surface area contributed by atoms with Crippen molar-refractivity contribution in [1.82, 2.24) is 0 Å². The number of carbonyl (C=O) groups excluding carboxylic acids is 1. The van der Waals surface area contributed by atoms with Crippen molar-refractivity contribution >= 4 is 11.6 Å². The van der Waals surface area contributed by atoms with Gasteiger partial charge >= 0.3 is 0 Å². The predicted molar refractivity (Wildman–Crippen MR) is 74.2 cm³/mol. The molecule has 0 radical (unpaired) electrons. The van der Waals surface area contributed by atoms with Crippen LogP contribution in [0.3, 0.4) is 0 Å². The lowest BCUT2D eigenvalue weighted by Crippen LogP contribution is -2.24. The van der Waals surface area contributed by atoms with Crippen LogP contribution in [0.15, 0.2) is 24.3 Å². The Morgan fingerprint density at radius 3 is 2.83 bits per heavy atom. The van der Waals surface area contributed by atoms with Crippen LogP contribution in [0.25, 0.3) is 0 Å². The molecule has 0 heterocycles. The Bertz CT molecular complexity index is 428. The smallest absolute Gasteiger partial charge is 0.227 e. The highest BCUT2D eigenvalue weighted by Crippen LogP contribution is 2.32. The minimum absolute atomic E-state index is 0.00717. The molecule has 1 aromatic carbocycles. The van der Waals surface area contributed by atoms with Crippen molar-refractivity contribution in [3.63, 3.8) is 0 Å². The molecule has 1 aliphatic rings. The van der Waals surface area contributed by atoms with E-state index in [0.717, 1.165) is 24.1 Å². The van der Waals surface area contributed by atoms with Gasteiger partial charge in [0, 0.05) is 17.6 Å². The minimum Gasteiger partial charge on any atom is -0.326 e. The van der Waals surface area contributed by atoms with E-state index in [2.05, 4.69) is 12.2 Å². The summed E-state index contributed by atoms with van der Waals surface area (Å²) in [5.41, 5.74) is 7.75. The largest absolute Gasteiger partial charge is 0.326 e. The highest BCUT2D eigenvalue weighted by atomic mass is 16.1. The van der Waals surface area contributed by atoms with Gasteiger partial charge in [-0.05, 0) is 43.4 Å². The number of benzene rings is 1. The van der Waals surface area contributed by atoms with Gasteiger partial charge in [-0.15, -0.1) is 0 Å². The first-order valence-corrected chi connectivity index (χ1v) is 6.74. The number of rotatable bonds is 3. The molecule has 3 nitrogen and oxygen atoms in total. The first-order chi connectivity index (χ1) is 8.58. The van der Waals surface area contributed by atoms with Gasteiger partial charge in [-0.1, -0.05) is 25.5 Å². The van der Waals surface area contributed by atoms with Crippen molar-refractivity contribution in [2.45, 2.75) is 39.2 Å². The van der Waals surface area contributed by atoms with Gasteiger partial charge in [0.15, 0.2) is 0 Å². The van der Waals surface area contributed by atoms with E-state index in [1.807, 2.05) is 31.2 Å². The maximum atomic E-state index is 12.2. The molecule has 0 aliphatic heterocycles. The minimum atomic E-state index is -0.00717. The molecule has 0 aromatic heterocycles. The molecule has 0 bridgehead atoms. The Morgan fingerprint density at radius 1 is 1.44 bits per heavy atom. The molecule has 2 rings (SSSR count). The van der Waals surface area contributed by atoms with E-state index in [-0.39, 0.29) is 17.9 Å². The van der Waals surface area contributed by atoms with Crippen molar-refractivity contribution < 1.29 is 4.79 Å². The van der Waals surface area contributed by atoms with Gasteiger partial charge in [-0.2, -0.15) is 0 Å². The third-order valence-electron chi connectivity index (χ3n) is 3.88. The average Bonchev–Trinajstić information content (AvgIpc) is 2.76. The maximum Gasteiger partial charge on any atom is 0.227 e. The number of hydrogen-bond acceptors (Lipinski definition) is 2. The van der Waals surface area contributed by atoms with E-state index >= 15 is 0 Å². The number of anilines is 1. The van der Waals surface area contributed by atoms with Crippen molar-refractivity contribution in [2.24, 2.45) is 17.6 Å². The standard InChI is InChI=1S/C15H22N2O/c1-10-5-3-8-14(10)15(18)17-13-7-4-6-12(9-13)11(2)16/h4,6-7,9-11,14H,3,5,8,16H2,1-2H3,(H,17,18). The lowest BCUT2D eigenvalue weighted by Gasteiger charge is -2.16. The molecule has 1 fully saturated rings. The number of hydrogen-bond donors (Lipinski definition) is 2. The Labute approximate surface area is 109 Å².